The molecule has 1 aromatic rings. The van der Waals surface area contributed by atoms with Gasteiger partial charge >= 0.3 is 0 Å². The molecule has 5 nitrogen and oxygen atoms in total. The molecular formula is C9H16N4O. The first-order chi connectivity index (χ1) is 6.56. The maximum Gasteiger partial charge on any atom is 0.258 e. The summed E-state index contributed by atoms with van der Waals surface area (Å²) in [5.41, 5.74) is 3.04. The van der Waals surface area contributed by atoms with Gasteiger partial charge in [0, 0.05) is 6.20 Å². The van der Waals surface area contributed by atoms with Gasteiger partial charge in [0.25, 0.3) is 5.91 Å². The van der Waals surface area contributed by atoms with Gasteiger partial charge in [-0.25, -0.2) is 5.84 Å². The summed E-state index contributed by atoms with van der Waals surface area (Å²) >= 11 is 0. The van der Waals surface area contributed by atoms with Crippen LogP contribution in [0.15, 0.2) is 12.3 Å². The Kier molecular flexibility index (Phi) is 3.24. The Morgan fingerprint density at radius 3 is 2.64 bits per heavy atom. The number of nitrogens with zero attached hydrogens (tertiary/aromatic N) is 2. The Morgan fingerprint density at radius 1 is 1.64 bits per heavy atom. The summed E-state index contributed by atoms with van der Waals surface area (Å²) in [6.45, 7) is 5.79. The maximum absolute atomic E-state index is 11.5. The van der Waals surface area contributed by atoms with Gasteiger partial charge in [0.05, 0.1) is 5.69 Å². The molecule has 3 N–H and O–H groups in total. The first kappa shape index (κ1) is 10.7. The fourth-order valence-corrected chi connectivity index (χ4v) is 1.40. The van der Waals surface area contributed by atoms with Crippen LogP contribution in [0.5, 0.6) is 0 Å². The molecule has 14 heavy (non-hydrogen) atoms. The number of carbonyl (C=O) groups excluding carboxylic acids is 1. The lowest BCUT2D eigenvalue weighted by atomic mass is 10.0. The van der Waals surface area contributed by atoms with E-state index in [9.17, 15) is 4.79 Å². The van der Waals surface area contributed by atoms with Gasteiger partial charge < -0.3 is 0 Å². The number of aryl methyl sites for hydroxylation is 1. The van der Waals surface area contributed by atoms with E-state index in [0.29, 0.717) is 0 Å². The lowest BCUT2D eigenvalue weighted by Crippen LogP contribution is -2.39. The number of nitrogens with two attached hydrogens (primary N) is 1. The summed E-state index contributed by atoms with van der Waals surface area (Å²) in [4.78, 5) is 11.5. The molecule has 1 aromatic heterocycles. The van der Waals surface area contributed by atoms with Crippen LogP contribution >= 0.6 is 0 Å². The topological polar surface area (TPSA) is 72.9 Å². The summed E-state index contributed by atoms with van der Waals surface area (Å²) in [5, 5.41) is 4.20. The second-order valence-electron chi connectivity index (χ2n) is 3.63. The minimum atomic E-state index is -0.339. The molecule has 1 atom stereocenters. The molecule has 0 aromatic carbocycles. The quantitative estimate of drug-likeness (QED) is 0.417. The molecule has 0 bridgehead atoms. The number of hydrogen-bond donors (Lipinski definition) is 2. The Hall–Kier alpha value is -1.36. The lowest BCUT2D eigenvalue weighted by molar-refractivity contribution is -0.125. The molecule has 0 aliphatic rings. The zero-order valence-corrected chi connectivity index (χ0v) is 8.69. The van der Waals surface area contributed by atoms with Crippen LogP contribution in [0.25, 0.3) is 0 Å². The second-order valence-corrected chi connectivity index (χ2v) is 3.63. The van der Waals surface area contributed by atoms with Gasteiger partial charge in [-0.2, -0.15) is 5.10 Å². The van der Waals surface area contributed by atoms with Gasteiger partial charge in [-0.15, -0.1) is 0 Å². The van der Waals surface area contributed by atoms with E-state index in [4.69, 9.17) is 5.84 Å². The highest BCUT2D eigenvalue weighted by Gasteiger charge is 2.23. The van der Waals surface area contributed by atoms with Crippen molar-refractivity contribution in [3.8, 4) is 0 Å². The third-order valence-corrected chi connectivity index (χ3v) is 2.07. The molecule has 0 fully saturated rings. The van der Waals surface area contributed by atoms with Crippen LogP contribution in [-0.4, -0.2) is 15.7 Å². The zero-order valence-electron chi connectivity index (χ0n) is 8.69. The predicted molar refractivity (Wildman–Crippen MR) is 53.2 cm³/mol. The Bertz CT molecular complexity index is 318. The summed E-state index contributed by atoms with van der Waals surface area (Å²) in [7, 11) is 0. The van der Waals surface area contributed by atoms with E-state index < -0.39 is 0 Å². The van der Waals surface area contributed by atoms with Crippen molar-refractivity contribution in [2.24, 2.45) is 11.8 Å². The average Bonchev–Trinajstić information content (AvgIpc) is 2.51. The molecule has 78 valence electrons. The molecule has 0 spiro atoms. The van der Waals surface area contributed by atoms with Crippen LogP contribution in [-0.2, 0) is 4.79 Å². The van der Waals surface area contributed by atoms with Crippen LogP contribution in [0.2, 0.25) is 0 Å². The maximum atomic E-state index is 11.5. The number of nitrogens with one attached hydrogen (secondary N) is 1. The molecular weight excluding hydrogens is 180 g/mol. The largest absolute Gasteiger partial charge is 0.292 e. The van der Waals surface area contributed by atoms with Gasteiger partial charge in [-0.3, -0.25) is 14.9 Å². The molecule has 0 aliphatic heterocycles. The van der Waals surface area contributed by atoms with E-state index >= 15 is 0 Å². The molecule has 1 rings (SSSR count). The van der Waals surface area contributed by atoms with Crippen molar-refractivity contribution < 1.29 is 4.79 Å². The summed E-state index contributed by atoms with van der Waals surface area (Å²) in [5.74, 6) is 5.05. The SMILES string of the molecule is Cc1ccn(C(C(=O)NN)C(C)C)n1. The number of amides is 1. The van der Waals surface area contributed by atoms with Gasteiger partial charge in [0.1, 0.15) is 6.04 Å². The minimum absolute atomic E-state index is 0.151. The Labute approximate surface area is 83.2 Å². The predicted octanol–water partition coefficient (Wildman–Crippen LogP) is 0.379. The third kappa shape index (κ3) is 2.11. The van der Waals surface area contributed by atoms with Gasteiger partial charge in [0.2, 0.25) is 0 Å². The molecule has 0 saturated heterocycles. The molecule has 1 heterocycles. The standard InChI is InChI=1S/C9H16N4O/c1-6(2)8(9(14)11-10)13-5-4-7(3)12-13/h4-6,8H,10H2,1-3H3,(H,11,14). The van der Waals surface area contributed by atoms with E-state index in [-0.39, 0.29) is 17.9 Å². The van der Waals surface area contributed by atoms with Crippen molar-refractivity contribution in [1.29, 1.82) is 0 Å². The minimum Gasteiger partial charge on any atom is -0.292 e. The van der Waals surface area contributed by atoms with Gasteiger partial charge in [-0.1, -0.05) is 13.8 Å². The molecule has 5 heteroatoms. The zero-order chi connectivity index (χ0) is 10.7. The smallest absolute Gasteiger partial charge is 0.258 e. The van der Waals surface area contributed by atoms with Crippen molar-refractivity contribution in [2.45, 2.75) is 26.8 Å². The van der Waals surface area contributed by atoms with E-state index in [1.54, 1.807) is 10.9 Å². The first-order valence-corrected chi connectivity index (χ1v) is 4.58. The second kappa shape index (κ2) is 4.23. The highest BCUT2D eigenvalue weighted by atomic mass is 16.2. The molecule has 1 unspecified atom stereocenters. The monoisotopic (exact) mass is 196 g/mol. The van der Waals surface area contributed by atoms with Crippen LogP contribution in [0, 0.1) is 12.8 Å². The van der Waals surface area contributed by atoms with E-state index in [1.807, 2.05) is 26.8 Å². The normalized spacial score (nSPS) is 12.9. The van der Waals surface area contributed by atoms with E-state index in [0.717, 1.165) is 5.69 Å². The Balaban J connectivity index is 2.94. The van der Waals surface area contributed by atoms with Crippen molar-refractivity contribution >= 4 is 5.91 Å². The van der Waals surface area contributed by atoms with Crippen molar-refractivity contribution in [3.63, 3.8) is 0 Å². The number of rotatable bonds is 3. The average molecular weight is 196 g/mol. The number of aromatic nitrogens is 2. The van der Waals surface area contributed by atoms with Crippen LogP contribution in [0.4, 0.5) is 0 Å². The van der Waals surface area contributed by atoms with Crippen molar-refractivity contribution in [2.75, 3.05) is 0 Å². The van der Waals surface area contributed by atoms with Crippen LogP contribution in [0.3, 0.4) is 0 Å². The summed E-state index contributed by atoms with van der Waals surface area (Å²) in [6.07, 6.45) is 1.79. The van der Waals surface area contributed by atoms with Crippen molar-refractivity contribution in [3.05, 3.63) is 18.0 Å². The number of hydrogen-bond acceptors (Lipinski definition) is 3. The molecule has 1 amide bonds. The van der Waals surface area contributed by atoms with Crippen molar-refractivity contribution in [1.82, 2.24) is 15.2 Å². The summed E-state index contributed by atoms with van der Waals surface area (Å²) < 4.78 is 1.64. The fourth-order valence-electron chi connectivity index (χ4n) is 1.40. The highest BCUT2D eigenvalue weighted by molar-refractivity contribution is 5.79. The molecule has 0 aliphatic carbocycles. The fraction of sp³-hybridized carbons (Fsp3) is 0.556. The van der Waals surface area contributed by atoms with E-state index in [2.05, 4.69) is 10.5 Å². The number of carbonyl (C=O) groups is 1. The lowest BCUT2D eigenvalue weighted by Gasteiger charge is -2.19. The highest BCUT2D eigenvalue weighted by Crippen LogP contribution is 2.16. The third-order valence-electron chi connectivity index (χ3n) is 2.07. The number of hydrazine groups is 1. The van der Waals surface area contributed by atoms with Crippen LogP contribution < -0.4 is 11.3 Å². The van der Waals surface area contributed by atoms with Gasteiger partial charge in [-0.05, 0) is 18.9 Å². The molecule has 0 saturated carbocycles. The van der Waals surface area contributed by atoms with Crippen LogP contribution in [0.1, 0.15) is 25.6 Å². The van der Waals surface area contributed by atoms with Gasteiger partial charge in [0.15, 0.2) is 0 Å². The first-order valence-electron chi connectivity index (χ1n) is 4.58. The molecule has 0 radical (unpaired) electrons. The Morgan fingerprint density at radius 2 is 2.29 bits per heavy atom. The van der Waals surface area contributed by atoms with E-state index in [1.165, 1.54) is 0 Å². The summed E-state index contributed by atoms with van der Waals surface area (Å²) in [6, 6.07) is 1.52.